The highest BCUT2D eigenvalue weighted by molar-refractivity contribution is 5.91. The van der Waals surface area contributed by atoms with Crippen molar-refractivity contribution in [1.82, 2.24) is 9.55 Å². The van der Waals surface area contributed by atoms with Crippen LogP contribution in [0.25, 0.3) is 0 Å². The molecule has 1 aliphatic heterocycles. The van der Waals surface area contributed by atoms with E-state index in [0.717, 1.165) is 48.7 Å². The SMILES string of the molecule is O=C([O-])c1ccccc1C(O)[C@H]1O[C@@H](n2ccc([O-])nc2=O)[C@@](O)(c2ccccc2C(=O)O)[C@@]1(O)c1ccccc1C(=O)[O-]. The van der Waals surface area contributed by atoms with E-state index >= 15 is 0 Å². The molecule has 44 heavy (non-hydrogen) atoms. The molecule has 0 aliphatic carbocycles. The Morgan fingerprint density at radius 3 is 1.91 bits per heavy atom. The quantitative estimate of drug-likeness (QED) is 0.173. The Balaban J connectivity index is 1.93. The lowest BCUT2D eigenvalue weighted by Crippen LogP contribution is -2.56. The number of carboxylic acids is 3. The molecular formula is C30H21N2O12-3. The first-order valence-electron chi connectivity index (χ1n) is 12.8. The molecule has 0 amide bonds. The van der Waals surface area contributed by atoms with Gasteiger partial charge in [-0.05, 0) is 29.1 Å². The van der Waals surface area contributed by atoms with Gasteiger partial charge in [-0.1, -0.05) is 66.7 Å². The molecule has 1 fully saturated rings. The number of nitrogens with zero attached hydrogens (tertiary/aromatic N) is 2. The number of aliphatic hydroxyl groups is 3. The summed E-state index contributed by atoms with van der Waals surface area (Å²) in [5.74, 6) is -6.21. The van der Waals surface area contributed by atoms with E-state index in [1.54, 1.807) is 0 Å². The second-order valence-corrected chi connectivity index (χ2v) is 9.90. The average Bonchev–Trinajstić information content (AvgIpc) is 3.24. The van der Waals surface area contributed by atoms with Gasteiger partial charge in [0.2, 0.25) is 0 Å². The van der Waals surface area contributed by atoms with Gasteiger partial charge in [0, 0.05) is 22.9 Å². The van der Waals surface area contributed by atoms with Crippen LogP contribution in [0.5, 0.6) is 5.88 Å². The van der Waals surface area contributed by atoms with E-state index in [0.29, 0.717) is 4.57 Å². The minimum atomic E-state index is -3.20. The zero-order chi connectivity index (χ0) is 32.0. The van der Waals surface area contributed by atoms with Crippen LogP contribution in [0.1, 0.15) is 60.1 Å². The maximum atomic E-state index is 13.0. The van der Waals surface area contributed by atoms with E-state index < -0.39 is 92.5 Å². The minimum absolute atomic E-state index is 0.406. The molecule has 14 heteroatoms. The lowest BCUT2D eigenvalue weighted by Gasteiger charge is -2.44. The highest BCUT2D eigenvalue weighted by Crippen LogP contribution is 2.60. The molecule has 5 atom stereocenters. The van der Waals surface area contributed by atoms with Gasteiger partial charge in [-0.25, -0.2) is 14.6 Å². The van der Waals surface area contributed by atoms with E-state index in [4.69, 9.17) is 4.74 Å². The lowest BCUT2D eigenvalue weighted by molar-refractivity contribution is -0.275. The van der Waals surface area contributed by atoms with Crippen molar-refractivity contribution in [3.8, 4) is 5.88 Å². The molecular weight excluding hydrogens is 580 g/mol. The number of ether oxygens (including phenoxy) is 1. The number of aromatic nitrogens is 2. The molecule has 14 nitrogen and oxygen atoms in total. The molecule has 0 spiro atoms. The number of aromatic carboxylic acids is 3. The summed E-state index contributed by atoms with van der Waals surface area (Å²) >= 11 is 0. The van der Waals surface area contributed by atoms with Gasteiger partial charge < -0.3 is 50.1 Å². The van der Waals surface area contributed by atoms with Gasteiger partial charge in [-0.3, -0.25) is 4.57 Å². The molecule has 4 N–H and O–H groups in total. The molecule has 0 saturated carbocycles. The second kappa shape index (κ2) is 11.0. The molecule has 2 heterocycles. The summed E-state index contributed by atoms with van der Waals surface area (Å²) in [6.07, 6.45) is -5.82. The number of benzene rings is 3. The molecule has 4 aromatic rings. The summed E-state index contributed by atoms with van der Waals surface area (Å²) in [7, 11) is 0. The normalized spacial score (nSPS) is 23.6. The Kier molecular flexibility index (Phi) is 7.53. The smallest absolute Gasteiger partial charge is 0.349 e. The third kappa shape index (κ3) is 4.49. The molecule has 0 radical (unpaired) electrons. The number of hydrogen-bond acceptors (Lipinski definition) is 12. The van der Waals surface area contributed by atoms with Crippen molar-refractivity contribution in [2.75, 3.05) is 0 Å². The van der Waals surface area contributed by atoms with E-state index in [-0.39, 0.29) is 0 Å². The van der Waals surface area contributed by atoms with Crippen molar-refractivity contribution in [3.05, 3.63) is 129 Å². The molecule has 3 aromatic carbocycles. The third-order valence-electron chi connectivity index (χ3n) is 7.59. The van der Waals surface area contributed by atoms with Crippen LogP contribution in [0.4, 0.5) is 0 Å². The Labute approximate surface area is 246 Å². The summed E-state index contributed by atoms with van der Waals surface area (Å²) in [6, 6.07) is 14.9. The monoisotopic (exact) mass is 601 g/mol. The Morgan fingerprint density at radius 1 is 0.818 bits per heavy atom. The zero-order valence-corrected chi connectivity index (χ0v) is 22.3. The largest absolute Gasteiger partial charge is 0.858 e. The summed E-state index contributed by atoms with van der Waals surface area (Å²) in [4.78, 5) is 52.9. The summed E-state index contributed by atoms with van der Waals surface area (Å²) < 4.78 is 6.53. The fourth-order valence-corrected chi connectivity index (χ4v) is 5.68. The minimum Gasteiger partial charge on any atom is -0.858 e. The molecule has 0 bridgehead atoms. The number of rotatable bonds is 8. The maximum absolute atomic E-state index is 13.0. The van der Waals surface area contributed by atoms with Crippen LogP contribution in [-0.2, 0) is 15.9 Å². The predicted molar refractivity (Wildman–Crippen MR) is 140 cm³/mol. The third-order valence-corrected chi connectivity index (χ3v) is 7.59. The summed E-state index contributed by atoms with van der Waals surface area (Å²) in [5.41, 5.74) is -11.3. The number of aliphatic hydroxyl groups excluding tert-OH is 1. The molecule has 226 valence electrons. The standard InChI is InChI=1S/C30H24N2O12/c33-21-13-14-32(28(41)31-21)27-30(43,20-12-6-4-10-18(20)26(39)40)29(42,19-11-5-3-9-17(19)25(37)38)23(44-27)22(34)15-7-1-2-8-16(15)24(35)36/h1-14,22-23,27,34,42-43H,(H,35,36)(H,37,38)(H,39,40)(H,31,33,41)/p-3/t22?,23-,27-,29-,30+/m1/s1. The van der Waals surface area contributed by atoms with Crippen LogP contribution in [0.3, 0.4) is 0 Å². The number of hydrogen-bond donors (Lipinski definition) is 4. The Bertz CT molecular complexity index is 1860. The van der Waals surface area contributed by atoms with Crippen LogP contribution in [-0.4, -0.2) is 54.0 Å². The van der Waals surface area contributed by atoms with Crippen molar-refractivity contribution in [2.45, 2.75) is 29.6 Å². The second-order valence-electron chi connectivity index (χ2n) is 9.90. The molecule has 5 rings (SSSR count). The fourth-order valence-electron chi connectivity index (χ4n) is 5.68. The number of carbonyl (C=O) groups excluding carboxylic acids is 2. The number of carbonyl (C=O) groups is 3. The first-order chi connectivity index (χ1) is 20.8. The van der Waals surface area contributed by atoms with Gasteiger partial charge in [-0.15, -0.1) is 0 Å². The molecule has 1 unspecified atom stereocenters. The number of carboxylic acid groups (broad SMARTS) is 3. The van der Waals surface area contributed by atoms with Crippen molar-refractivity contribution >= 4 is 17.9 Å². The van der Waals surface area contributed by atoms with Crippen molar-refractivity contribution < 1.29 is 54.9 Å². The molecule has 1 aliphatic rings. The fraction of sp³-hybridized carbons (Fsp3) is 0.167. The van der Waals surface area contributed by atoms with E-state index in [1.165, 1.54) is 36.4 Å². The maximum Gasteiger partial charge on any atom is 0.349 e. The van der Waals surface area contributed by atoms with Gasteiger partial charge in [0.1, 0.15) is 12.2 Å². The van der Waals surface area contributed by atoms with Crippen molar-refractivity contribution in [2.24, 2.45) is 0 Å². The van der Waals surface area contributed by atoms with Gasteiger partial charge >= 0.3 is 11.7 Å². The van der Waals surface area contributed by atoms with Gasteiger partial charge in [-0.2, -0.15) is 0 Å². The predicted octanol–water partition coefficient (Wildman–Crippen LogP) is -1.85. The highest BCUT2D eigenvalue weighted by Gasteiger charge is 2.71. The van der Waals surface area contributed by atoms with Crippen LogP contribution in [0.15, 0.2) is 89.9 Å². The van der Waals surface area contributed by atoms with Crippen LogP contribution in [0, 0.1) is 0 Å². The van der Waals surface area contributed by atoms with E-state index in [2.05, 4.69) is 4.98 Å². The first-order valence-corrected chi connectivity index (χ1v) is 12.8. The van der Waals surface area contributed by atoms with Gasteiger partial charge in [0.15, 0.2) is 17.4 Å². The van der Waals surface area contributed by atoms with E-state index in [9.17, 15) is 54.9 Å². The summed E-state index contributed by atoms with van der Waals surface area (Å²) in [5, 5.41) is 83.3. The van der Waals surface area contributed by atoms with Gasteiger partial charge in [0.25, 0.3) is 0 Å². The topological polar surface area (TPSA) is 245 Å². The first kappa shape index (κ1) is 30.1. The average molecular weight is 602 g/mol. The molecule has 1 saturated heterocycles. The van der Waals surface area contributed by atoms with Gasteiger partial charge in [0.05, 0.1) is 17.5 Å². The highest BCUT2D eigenvalue weighted by atomic mass is 16.6. The van der Waals surface area contributed by atoms with Crippen LogP contribution in [0.2, 0.25) is 0 Å². The lowest BCUT2D eigenvalue weighted by atomic mass is 9.67. The van der Waals surface area contributed by atoms with Crippen LogP contribution >= 0.6 is 0 Å². The van der Waals surface area contributed by atoms with Crippen molar-refractivity contribution in [3.63, 3.8) is 0 Å². The molecule has 1 aromatic heterocycles. The van der Waals surface area contributed by atoms with E-state index in [1.807, 2.05) is 0 Å². The Hall–Kier alpha value is -5.41. The summed E-state index contributed by atoms with van der Waals surface area (Å²) in [6.45, 7) is 0. The van der Waals surface area contributed by atoms with Crippen LogP contribution < -0.4 is 21.0 Å². The van der Waals surface area contributed by atoms with Crippen molar-refractivity contribution in [1.29, 1.82) is 0 Å². The zero-order valence-electron chi connectivity index (χ0n) is 22.3. The Morgan fingerprint density at radius 2 is 1.34 bits per heavy atom.